The summed E-state index contributed by atoms with van der Waals surface area (Å²) < 4.78 is 14.9. The Hall–Kier alpha value is -0.700. The first-order valence-electron chi connectivity index (χ1n) is 13.6. The monoisotopic (exact) mass is 780 g/mol. The molecule has 0 fully saturated rings. The van der Waals surface area contributed by atoms with Crippen LogP contribution in [0.25, 0.3) is 0 Å². The molecule has 0 radical (unpaired) electrons. The Morgan fingerprint density at radius 1 is 0.553 bits per heavy atom. The number of ether oxygens (including phenoxy) is 2. The zero-order chi connectivity index (χ0) is 28.2. The first kappa shape index (κ1) is 35.3. The average Bonchev–Trinajstić information content (AvgIpc) is 2.93. The number of benzene rings is 2. The number of halogens is 4. The SMILES string of the molecule is Brc1ccc(Br)c(Br)c1Br.CCCCCCCCOC(=O)c1ccccc1C(=O)OCCCCCCCC. The van der Waals surface area contributed by atoms with Gasteiger partial charge in [0.05, 0.1) is 24.3 Å². The molecule has 2 rings (SSSR count). The number of esters is 2. The third-order valence-corrected chi connectivity index (χ3v) is 10.4. The summed E-state index contributed by atoms with van der Waals surface area (Å²) in [5.74, 6) is -0.888. The van der Waals surface area contributed by atoms with E-state index in [0.29, 0.717) is 24.3 Å². The van der Waals surface area contributed by atoms with E-state index in [2.05, 4.69) is 77.6 Å². The standard InChI is InChI=1S/C24H38O4.C6H2Br4/c1-3-5-7-9-11-15-19-27-23(25)21-17-13-14-18-22(21)24(26)28-20-16-12-10-8-6-4-2;7-3-1-2-4(8)6(10)5(3)9/h13-14,17-18H,3-12,15-16,19-20H2,1-2H3;1-2H. The van der Waals surface area contributed by atoms with Gasteiger partial charge in [-0.05, 0) is 101 Å². The lowest BCUT2D eigenvalue weighted by Crippen LogP contribution is -2.15. The first-order valence-corrected chi connectivity index (χ1v) is 16.7. The third kappa shape index (κ3) is 14.6. The van der Waals surface area contributed by atoms with Crippen LogP contribution in [0.2, 0.25) is 0 Å². The van der Waals surface area contributed by atoms with Gasteiger partial charge < -0.3 is 9.47 Å². The summed E-state index contributed by atoms with van der Waals surface area (Å²) in [6, 6.07) is 10.7. The molecule has 2 aromatic rings. The number of hydrogen-bond donors (Lipinski definition) is 0. The second-order valence-electron chi connectivity index (χ2n) is 9.01. The van der Waals surface area contributed by atoms with E-state index in [9.17, 15) is 9.59 Å². The molecule has 4 nitrogen and oxygen atoms in total. The van der Waals surface area contributed by atoms with Gasteiger partial charge >= 0.3 is 11.9 Å². The predicted octanol–water partition coefficient (Wildman–Crippen LogP) is 11.5. The fraction of sp³-hybridized carbons (Fsp3) is 0.533. The second kappa shape index (κ2) is 22.0. The van der Waals surface area contributed by atoms with Gasteiger partial charge in [-0.15, -0.1) is 0 Å². The minimum absolute atomic E-state index is 0.293. The quantitative estimate of drug-likeness (QED) is 0.0736. The topological polar surface area (TPSA) is 52.6 Å². The Bertz CT molecular complexity index is 889. The Morgan fingerprint density at radius 3 is 1.26 bits per heavy atom. The van der Waals surface area contributed by atoms with Crippen LogP contribution in [0.1, 0.15) is 112 Å². The van der Waals surface area contributed by atoms with Crippen LogP contribution in [0.5, 0.6) is 0 Å². The molecule has 0 N–H and O–H groups in total. The Kier molecular flexibility index (Phi) is 20.5. The fourth-order valence-electron chi connectivity index (χ4n) is 3.59. The van der Waals surface area contributed by atoms with Gasteiger partial charge in [0.1, 0.15) is 0 Å². The summed E-state index contributed by atoms with van der Waals surface area (Å²) in [4.78, 5) is 24.7. The van der Waals surface area contributed by atoms with E-state index in [1.165, 1.54) is 51.4 Å². The Morgan fingerprint density at radius 2 is 0.895 bits per heavy atom. The molecule has 0 aromatic heterocycles. The Balaban J connectivity index is 0.000000600. The van der Waals surface area contributed by atoms with Gasteiger partial charge in [-0.1, -0.05) is 90.2 Å². The molecule has 212 valence electrons. The van der Waals surface area contributed by atoms with Gasteiger partial charge in [-0.2, -0.15) is 0 Å². The van der Waals surface area contributed by atoms with Gasteiger partial charge in [0.25, 0.3) is 0 Å². The van der Waals surface area contributed by atoms with Crippen molar-refractivity contribution in [1.29, 1.82) is 0 Å². The van der Waals surface area contributed by atoms with Gasteiger partial charge in [-0.3, -0.25) is 0 Å². The lowest BCUT2D eigenvalue weighted by atomic mass is 10.1. The molecule has 2 aromatic carbocycles. The smallest absolute Gasteiger partial charge is 0.339 e. The number of carbonyl (C=O) groups excluding carboxylic acids is 2. The third-order valence-electron chi connectivity index (χ3n) is 5.82. The Labute approximate surface area is 262 Å². The fourth-order valence-corrected chi connectivity index (χ4v) is 5.48. The molecule has 0 bridgehead atoms. The van der Waals surface area contributed by atoms with E-state index in [1.54, 1.807) is 24.3 Å². The van der Waals surface area contributed by atoms with E-state index in [4.69, 9.17) is 9.47 Å². The van der Waals surface area contributed by atoms with E-state index >= 15 is 0 Å². The molecular weight excluding hydrogens is 744 g/mol. The number of rotatable bonds is 16. The van der Waals surface area contributed by atoms with Crippen molar-refractivity contribution in [1.82, 2.24) is 0 Å². The molecule has 0 aliphatic carbocycles. The zero-order valence-corrected chi connectivity index (χ0v) is 28.9. The summed E-state index contributed by atoms with van der Waals surface area (Å²) >= 11 is 13.6. The van der Waals surface area contributed by atoms with Crippen LogP contribution in [0, 0.1) is 0 Å². The molecule has 0 heterocycles. The van der Waals surface area contributed by atoms with Crippen molar-refractivity contribution in [3.05, 3.63) is 65.4 Å². The second-order valence-corrected chi connectivity index (χ2v) is 12.3. The van der Waals surface area contributed by atoms with Crippen molar-refractivity contribution in [2.24, 2.45) is 0 Å². The number of hydrogen-bond acceptors (Lipinski definition) is 4. The maximum Gasteiger partial charge on any atom is 0.339 e. The van der Waals surface area contributed by atoms with Crippen molar-refractivity contribution < 1.29 is 19.1 Å². The lowest BCUT2D eigenvalue weighted by Gasteiger charge is -2.10. The summed E-state index contributed by atoms with van der Waals surface area (Å²) in [5, 5.41) is 0. The summed E-state index contributed by atoms with van der Waals surface area (Å²) in [7, 11) is 0. The molecule has 0 unspecified atom stereocenters. The van der Waals surface area contributed by atoms with Gasteiger partial charge in [0.2, 0.25) is 0 Å². The minimum atomic E-state index is -0.444. The molecule has 0 saturated carbocycles. The van der Waals surface area contributed by atoms with Crippen LogP contribution in [0.3, 0.4) is 0 Å². The minimum Gasteiger partial charge on any atom is -0.462 e. The van der Waals surface area contributed by atoms with Gasteiger partial charge in [0, 0.05) is 17.9 Å². The molecule has 0 spiro atoms. The van der Waals surface area contributed by atoms with E-state index in [-0.39, 0.29) is 0 Å². The van der Waals surface area contributed by atoms with Crippen molar-refractivity contribution >= 4 is 75.7 Å². The summed E-state index contributed by atoms with van der Waals surface area (Å²) in [5.41, 5.74) is 0.586. The van der Waals surface area contributed by atoms with Crippen LogP contribution in [-0.4, -0.2) is 25.2 Å². The molecule has 8 heteroatoms. The number of carbonyl (C=O) groups is 2. The highest BCUT2D eigenvalue weighted by molar-refractivity contribution is 9.15. The lowest BCUT2D eigenvalue weighted by molar-refractivity contribution is 0.0450. The van der Waals surface area contributed by atoms with Crippen LogP contribution < -0.4 is 0 Å². The normalized spacial score (nSPS) is 10.5. The highest BCUT2D eigenvalue weighted by atomic mass is 79.9. The van der Waals surface area contributed by atoms with Crippen LogP contribution in [0.15, 0.2) is 54.3 Å². The molecule has 0 aliphatic rings. The van der Waals surface area contributed by atoms with Crippen molar-refractivity contribution in [3.63, 3.8) is 0 Å². The van der Waals surface area contributed by atoms with Crippen molar-refractivity contribution in [2.45, 2.75) is 90.9 Å². The van der Waals surface area contributed by atoms with Gasteiger partial charge in [-0.25, -0.2) is 9.59 Å². The maximum atomic E-state index is 12.4. The van der Waals surface area contributed by atoms with E-state index in [1.807, 2.05) is 12.1 Å². The van der Waals surface area contributed by atoms with Gasteiger partial charge in [0.15, 0.2) is 0 Å². The molecule has 0 saturated heterocycles. The molecular formula is C30H40Br4O4. The molecule has 0 aliphatic heterocycles. The highest BCUT2D eigenvalue weighted by Crippen LogP contribution is 2.35. The van der Waals surface area contributed by atoms with Crippen LogP contribution >= 0.6 is 63.7 Å². The first-order chi connectivity index (χ1) is 18.3. The largest absolute Gasteiger partial charge is 0.462 e. The average molecular weight is 784 g/mol. The summed E-state index contributed by atoms with van der Waals surface area (Å²) in [6.07, 6.45) is 13.6. The van der Waals surface area contributed by atoms with Crippen LogP contribution in [-0.2, 0) is 9.47 Å². The van der Waals surface area contributed by atoms with E-state index < -0.39 is 11.9 Å². The van der Waals surface area contributed by atoms with E-state index in [0.717, 1.165) is 43.6 Å². The van der Waals surface area contributed by atoms with Crippen LogP contribution in [0.4, 0.5) is 0 Å². The molecule has 38 heavy (non-hydrogen) atoms. The maximum absolute atomic E-state index is 12.4. The highest BCUT2D eigenvalue weighted by Gasteiger charge is 2.18. The zero-order valence-electron chi connectivity index (χ0n) is 22.5. The van der Waals surface area contributed by atoms with Crippen molar-refractivity contribution in [3.8, 4) is 0 Å². The predicted molar refractivity (Wildman–Crippen MR) is 171 cm³/mol. The number of unbranched alkanes of at least 4 members (excludes halogenated alkanes) is 10. The summed E-state index contributed by atoms with van der Waals surface area (Å²) in [6.45, 7) is 5.17. The van der Waals surface area contributed by atoms with Crippen molar-refractivity contribution in [2.75, 3.05) is 13.2 Å². The molecule has 0 atom stereocenters. The molecule has 0 amide bonds.